The van der Waals surface area contributed by atoms with E-state index in [2.05, 4.69) is 4.98 Å². The van der Waals surface area contributed by atoms with E-state index in [4.69, 9.17) is 19.4 Å². The molecule has 4 heterocycles. The molecule has 7 nitrogen and oxygen atoms in total. The summed E-state index contributed by atoms with van der Waals surface area (Å²) < 4.78 is 56.9. The SMILES string of the molecule is O=C(Cc1ccsc1)N1CC2(C1)OCCC2COc1ncccc1F.O=C(O)C(F)(F)F. The summed E-state index contributed by atoms with van der Waals surface area (Å²) in [6, 6.07) is 4.84. The van der Waals surface area contributed by atoms with Gasteiger partial charge < -0.3 is 19.5 Å². The van der Waals surface area contributed by atoms with E-state index in [-0.39, 0.29) is 23.3 Å². The number of nitrogens with zero attached hydrogens (tertiary/aromatic N) is 2. The van der Waals surface area contributed by atoms with Crippen LogP contribution in [0.2, 0.25) is 0 Å². The summed E-state index contributed by atoms with van der Waals surface area (Å²) in [6.07, 6.45) is -2.30. The second-order valence-corrected chi connectivity index (χ2v) is 8.14. The highest BCUT2D eigenvalue weighted by atomic mass is 32.1. The van der Waals surface area contributed by atoms with E-state index in [1.54, 1.807) is 11.3 Å². The predicted octanol–water partition coefficient (Wildman–Crippen LogP) is 3.15. The molecule has 2 aromatic rings. The number of carboxylic acids is 1. The van der Waals surface area contributed by atoms with E-state index in [0.717, 1.165) is 12.0 Å². The lowest BCUT2D eigenvalue weighted by Crippen LogP contribution is -2.67. The molecule has 32 heavy (non-hydrogen) atoms. The molecule has 174 valence electrons. The van der Waals surface area contributed by atoms with Gasteiger partial charge in [-0.2, -0.15) is 24.5 Å². The van der Waals surface area contributed by atoms with Gasteiger partial charge in [0.2, 0.25) is 11.8 Å². The molecule has 0 bridgehead atoms. The molecular formula is C20H20F4N2O5S. The number of amides is 1. The largest absolute Gasteiger partial charge is 0.490 e. The van der Waals surface area contributed by atoms with Gasteiger partial charge in [0.15, 0.2) is 5.82 Å². The summed E-state index contributed by atoms with van der Waals surface area (Å²) in [7, 11) is 0. The van der Waals surface area contributed by atoms with Crippen LogP contribution in [0.4, 0.5) is 17.6 Å². The van der Waals surface area contributed by atoms with E-state index in [9.17, 15) is 22.4 Å². The average Bonchev–Trinajstić information content (AvgIpc) is 3.35. The van der Waals surface area contributed by atoms with Gasteiger partial charge in [-0.05, 0) is 40.9 Å². The van der Waals surface area contributed by atoms with Crippen molar-refractivity contribution in [1.29, 1.82) is 0 Å². The summed E-state index contributed by atoms with van der Waals surface area (Å²) in [4.78, 5) is 27.0. The number of rotatable bonds is 5. The zero-order chi connectivity index (χ0) is 23.4. The van der Waals surface area contributed by atoms with Gasteiger partial charge in [-0.1, -0.05) is 0 Å². The number of hydrogen-bond acceptors (Lipinski definition) is 6. The van der Waals surface area contributed by atoms with Gasteiger partial charge in [-0.15, -0.1) is 0 Å². The van der Waals surface area contributed by atoms with Crippen molar-refractivity contribution in [1.82, 2.24) is 9.88 Å². The Morgan fingerprint density at radius 3 is 2.66 bits per heavy atom. The van der Waals surface area contributed by atoms with E-state index >= 15 is 0 Å². The van der Waals surface area contributed by atoms with Crippen LogP contribution in [0.1, 0.15) is 12.0 Å². The Morgan fingerprint density at radius 2 is 2.06 bits per heavy atom. The molecule has 2 aliphatic heterocycles. The number of aliphatic carboxylic acids is 1. The van der Waals surface area contributed by atoms with Gasteiger partial charge in [0.25, 0.3) is 0 Å². The van der Waals surface area contributed by atoms with E-state index in [1.807, 2.05) is 21.7 Å². The highest BCUT2D eigenvalue weighted by Crippen LogP contribution is 2.40. The number of alkyl halides is 3. The number of carbonyl (C=O) groups excluding carboxylic acids is 1. The Labute approximate surface area is 184 Å². The molecule has 2 saturated heterocycles. The van der Waals surface area contributed by atoms with Crippen LogP contribution >= 0.6 is 11.3 Å². The molecule has 2 aliphatic rings. The number of likely N-dealkylation sites (tertiary alicyclic amines) is 1. The number of carboxylic acid groups (broad SMARTS) is 1. The monoisotopic (exact) mass is 476 g/mol. The summed E-state index contributed by atoms with van der Waals surface area (Å²) in [5.41, 5.74) is 0.698. The average molecular weight is 476 g/mol. The Balaban J connectivity index is 0.000000360. The van der Waals surface area contributed by atoms with Crippen molar-refractivity contribution in [2.75, 3.05) is 26.3 Å². The summed E-state index contributed by atoms with van der Waals surface area (Å²) in [5.74, 6) is -2.94. The maximum Gasteiger partial charge on any atom is 0.490 e. The molecule has 0 saturated carbocycles. The quantitative estimate of drug-likeness (QED) is 0.667. The van der Waals surface area contributed by atoms with Crippen molar-refractivity contribution in [3.8, 4) is 5.88 Å². The highest BCUT2D eigenvalue weighted by molar-refractivity contribution is 7.08. The third kappa shape index (κ3) is 5.74. The first-order valence-corrected chi connectivity index (χ1v) is 10.5. The number of aromatic nitrogens is 1. The lowest BCUT2D eigenvalue weighted by Gasteiger charge is -2.50. The number of thiophene rings is 1. The van der Waals surface area contributed by atoms with Crippen LogP contribution in [0, 0.1) is 11.7 Å². The zero-order valence-corrected chi connectivity index (χ0v) is 17.5. The number of ether oxygens (including phenoxy) is 2. The number of carbonyl (C=O) groups is 2. The Bertz CT molecular complexity index is 932. The van der Waals surface area contributed by atoms with Crippen molar-refractivity contribution in [3.63, 3.8) is 0 Å². The molecule has 0 aliphatic carbocycles. The summed E-state index contributed by atoms with van der Waals surface area (Å²) in [6.45, 7) is 2.15. The molecule has 0 aromatic carbocycles. The second kappa shape index (κ2) is 9.82. The third-order valence-corrected chi connectivity index (χ3v) is 5.93. The molecule has 2 fully saturated rings. The molecule has 0 radical (unpaired) electrons. The second-order valence-electron chi connectivity index (χ2n) is 7.36. The van der Waals surface area contributed by atoms with E-state index < -0.39 is 18.0 Å². The maximum atomic E-state index is 13.6. The van der Waals surface area contributed by atoms with Gasteiger partial charge >= 0.3 is 12.1 Å². The van der Waals surface area contributed by atoms with Crippen molar-refractivity contribution in [3.05, 3.63) is 46.5 Å². The number of pyridine rings is 1. The van der Waals surface area contributed by atoms with Crippen LogP contribution in [-0.4, -0.2) is 64.9 Å². The first kappa shape index (κ1) is 23.9. The molecular weight excluding hydrogens is 456 g/mol. The van der Waals surface area contributed by atoms with Crippen LogP contribution in [0.15, 0.2) is 35.2 Å². The molecule has 1 spiro atoms. The molecule has 1 amide bonds. The van der Waals surface area contributed by atoms with Crippen LogP contribution in [0.25, 0.3) is 0 Å². The molecule has 2 aromatic heterocycles. The fourth-order valence-electron chi connectivity index (χ4n) is 3.48. The minimum Gasteiger partial charge on any atom is -0.475 e. The first-order valence-electron chi connectivity index (χ1n) is 9.57. The minimum absolute atomic E-state index is 0.0225. The summed E-state index contributed by atoms with van der Waals surface area (Å²) in [5, 5.41) is 11.1. The van der Waals surface area contributed by atoms with Gasteiger partial charge in [0.1, 0.15) is 5.60 Å². The van der Waals surface area contributed by atoms with E-state index in [1.165, 1.54) is 18.3 Å². The Kier molecular flexibility index (Phi) is 7.34. The predicted molar refractivity (Wildman–Crippen MR) is 105 cm³/mol. The lowest BCUT2D eigenvalue weighted by molar-refractivity contribution is -0.192. The minimum atomic E-state index is -5.08. The van der Waals surface area contributed by atoms with Crippen LogP contribution in [-0.2, 0) is 20.7 Å². The molecule has 1 N–H and O–H groups in total. The van der Waals surface area contributed by atoms with Gasteiger partial charge in [0.05, 0.1) is 26.1 Å². The van der Waals surface area contributed by atoms with Crippen molar-refractivity contribution < 1.29 is 41.7 Å². The first-order chi connectivity index (χ1) is 15.1. The Morgan fingerprint density at radius 1 is 1.34 bits per heavy atom. The standard InChI is InChI=1S/C18H19FN2O3S.C2HF3O2/c19-15-2-1-5-20-17(15)23-9-14-3-6-24-18(14)11-21(12-18)16(22)8-13-4-7-25-10-13;3-2(4,5)1(6)7/h1-2,4-5,7,10,14H,3,6,8-9,11-12H2;(H,6,7). The molecule has 1 atom stereocenters. The van der Waals surface area contributed by atoms with Crippen LogP contribution < -0.4 is 4.74 Å². The van der Waals surface area contributed by atoms with Crippen LogP contribution in [0.5, 0.6) is 5.88 Å². The number of hydrogen-bond donors (Lipinski definition) is 1. The topological polar surface area (TPSA) is 89.0 Å². The van der Waals surface area contributed by atoms with Crippen molar-refractivity contribution >= 4 is 23.2 Å². The fourth-order valence-corrected chi connectivity index (χ4v) is 4.15. The maximum absolute atomic E-state index is 13.6. The van der Waals surface area contributed by atoms with Crippen LogP contribution in [0.3, 0.4) is 0 Å². The smallest absolute Gasteiger partial charge is 0.475 e. The fraction of sp³-hybridized carbons (Fsp3) is 0.450. The Hall–Kier alpha value is -2.73. The van der Waals surface area contributed by atoms with Crippen molar-refractivity contribution in [2.45, 2.75) is 24.6 Å². The van der Waals surface area contributed by atoms with Gasteiger partial charge in [-0.25, -0.2) is 14.2 Å². The summed E-state index contributed by atoms with van der Waals surface area (Å²) >= 11 is 1.60. The zero-order valence-electron chi connectivity index (χ0n) is 16.7. The van der Waals surface area contributed by atoms with Gasteiger partial charge in [-0.3, -0.25) is 4.79 Å². The lowest BCUT2D eigenvalue weighted by atomic mass is 9.81. The molecule has 12 heteroatoms. The normalized spacial score (nSPS) is 19.1. The highest BCUT2D eigenvalue weighted by Gasteiger charge is 2.54. The van der Waals surface area contributed by atoms with Gasteiger partial charge in [0, 0.05) is 18.7 Å². The molecule has 1 unspecified atom stereocenters. The van der Waals surface area contributed by atoms with E-state index in [0.29, 0.717) is 32.7 Å². The van der Waals surface area contributed by atoms with Crippen molar-refractivity contribution in [2.24, 2.45) is 5.92 Å². The number of halogens is 4. The third-order valence-electron chi connectivity index (χ3n) is 5.19. The molecule has 4 rings (SSSR count).